The molecule has 3 aliphatic rings. The van der Waals surface area contributed by atoms with Crippen molar-refractivity contribution in [1.29, 1.82) is 0 Å². The lowest BCUT2D eigenvalue weighted by atomic mass is 9.81. The molecule has 0 heteroatoms. The first-order chi connectivity index (χ1) is 12.3. The van der Waals surface area contributed by atoms with Crippen LogP contribution >= 0.6 is 0 Å². The first-order valence-corrected chi connectivity index (χ1v) is 10.7. The maximum Gasteiger partial charge on any atom is -0.00132 e. The summed E-state index contributed by atoms with van der Waals surface area (Å²) >= 11 is 0. The summed E-state index contributed by atoms with van der Waals surface area (Å²) in [6.07, 6.45) is 3.60. The molecule has 0 aliphatic heterocycles. The molecule has 0 unspecified atom stereocenters. The predicted octanol–water partition coefficient (Wildman–Crippen LogP) is 7.18. The Bertz CT molecular complexity index is 914. The summed E-state index contributed by atoms with van der Waals surface area (Å²) in [6.45, 7) is 19.4. The second-order valence-electron chi connectivity index (χ2n) is 12.2. The van der Waals surface area contributed by atoms with Crippen molar-refractivity contribution in [2.75, 3.05) is 0 Å². The van der Waals surface area contributed by atoms with Crippen molar-refractivity contribution in [2.45, 2.75) is 96.3 Å². The zero-order valence-electron chi connectivity index (χ0n) is 18.4. The summed E-state index contributed by atoms with van der Waals surface area (Å²) in [5, 5.41) is 0. The summed E-state index contributed by atoms with van der Waals surface area (Å²) < 4.78 is 0. The second kappa shape index (κ2) is 4.70. The topological polar surface area (TPSA) is 0 Å². The van der Waals surface area contributed by atoms with Crippen LogP contribution in [0.5, 0.6) is 0 Å². The maximum absolute atomic E-state index is 2.56. The second-order valence-corrected chi connectivity index (χ2v) is 12.2. The highest BCUT2D eigenvalue weighted by molar-refractivity contribution is 5.80. The Balaban J connectivity index is 1.74. The van der Waals surface area contributed by atoms with Gasteiger partial charge in [-0.2, -0.15) is 0 Å². The quantitative estimate of drug-likeness (QED) is 0.399. The molecule has 0 fully saturated rings. The van der Waals surface area contributed by atoms with E-state index in [-0.39, 0.29) is 21.7 Å². The average molecular weight is 359 g/mol. The molecule has 0 heterocycles. The fourth-order valence-corrected chi connectivity index (χ4v) is 7.12. The van der Waals surface area contributed by atoms with E-state index in [1.54, 1.807) is 33.4 Å². The van der Waals surface area contributed by atoms with E-state index >= 15 is 0 Å². The van der Waals surface area contributed by atoms with Crippen LogP contribution in [0.3, 0.4) is 0 Å². The highest BCUT2D eigenvalue weighted by Gasteiger charge is 2.45. The van der Waals surface area contributed by atoms with E-state index in [0.29, 0.717) is 0 Å². The summed E-state index contributed by atoms with van der Waals surface area (Å²) in [5.41, 5.74) is 13.6. The van der Waals surface area contributed by atoms with Crippen LogP contribution in [0, 0.1) is 0 Å². The standard InChI is InChI=1S/C27H34/c1-24(2)14-26(5,6)22-12-18-16(10-20(22)24)9-17-11-21-23(13-19(17)18)27(7,8)15-25(21,3)4/h10-13H,9,14-15H2,1-8H3. The summed E-state index contributed by atoms with van der Waals surface area (Å²) in [4.78, 5) is 0. The third-order valence-electron chi connectivity index (χ3n) is 7.84. The van der Waals surface area contributed by atoms with Crippen LogP contribution in [0.2, 0.25) is 0 Å². The van der Waals surface area contributed by atoms with E-state index in [9.17, 15) is 0 Å². The highest BCUT2D eigenvalue weighted by Crippen LogP contribution is 2.55. The van der Waals surface area contributed by atoms with Crippen molar-refractivity contribution in [1.82, 2.24) is 0 Å². The van der Waals surface area contributed by atoms with Crippen LogP contribution in [0.4, 0.5) is 0 Å². The molecule has 0 bridgehead atoms. The summed E-state index contributed by atoms with van der Waals surface area (Å²) in [5.74, 6) is 0. The first kappa shape index (κ1) is 17.5. The van der Waals surface area contributed by atoms with Gasteiger partial charge in [0, 0.05) is 0 Å². The average Bonchev–Trinajstić information content (AvgIpc) is 3.01. The van der Waals surface area contributed by atoms with Crippen LogP contribution in [-0.4, -0.2) is 0 Å². The smallest absolute Gasteiger partial charge is 0.00132 e. The van der Waals surface area contributed by atoms with Crippen molar-refractivity contribution in [3.05, 3.63) is 57.6 Å². The van der Waals surface area contributed by atoms with Crippen LogP contribution in [0.15, 0.2) is 24.3 Å². The van der Waals surface area contributed by atoms with Crippen LogP contribution in [-0.2, 0) is 28.1 Å². The molecule has 142 valence electrons. The molecule has 2 aromatic rings. The molecule has 0 amide bonds. The fourth-order valence-electron chi connectivity index (χ4n) is 7.12. The Hall–Kier alpha value is -1.56. The minimum absolute atomic E-state index is 0.272. The Morgan fingerprint density at radius 2 is 0.778 bits per heavy atom. The zero-order chi connectivity index (χ0) is 19.6. The lowest BCUT2D eigenvalue weighted by Crippen LogP contribution is -2.18. The van der Waals surface area contributed by atoms with Crippen molar-refractivity contribution < 1.29 is 0 Å². The molecule has 3 aliphatic carbocycles. The Labute approximate surface area is 165 Å². The molecule has 5 rings (SSSR count). The Morgan fingerprint density at radius 3 is 1.11 bits per heavy atom. The van der Waals surface area contributed by atoms with Gasteiger partial charge in [-0.05, 0) is 85.4 Å². The van der Waals surface area contributed by atoms with Gasteiger partial charge in [-0.3, -0.25) is 0 Å². The van der Waals surface area contributed by atoms with Crippen LogP contribution in [0.25, 0.3) is 11.1 Å². The van der Waals surface area contributed by atoms with E-state index in [4.69, 9.17) is 0 Å². The minimum Gasteiger partial charge on any atom is -0.0558 e. The molecule has 0 saturated carbocycles. The molecular formula is C27H34. The molecule has 2 aromatic carbocycles. The summed E-state index contributed by atoms with van der Waals surface area (Å²) in [7, 11) is 0. The van der Waals surface area contributed by atoms with Crippen LogP contribution in [0.1, 0.15) is 102 Å². The van der Waals surface area contributed by atoms with Crippen LogP contribution < -0.4 is 0 Å². The monoisotopic (exact) mass is 358 g/mol. The van der Waals surface area contributed by atoms with Crippen molar-refractivity contribution in [3.63, 3.8) is 0 Å². The number of hydrogen-bond acceptors (Lipinski definition) is 0. The third-order valence-corrected chi connectivity index (χ3v) is 7.84. The van der Waals surface area contributed by atoms with Crippen molar-refractivity contribution in [3.8, 4) is 11.1 Å². The van der Waals surface area contributed by atoms with Gasteiger partial charge in [0.2, 0.25) is 0 Å². The van der Waals surface area contributed by atoms with E-state index in [1.807, 2.05) is 0 Å². The minimum atomic E-state index is 0.272. The number of hydrogen-bond donors (Lipinski definition) is 0. The first-order valence-electron chi connectivity index (χ1n) is 10.7. The normalized spacial score (nSPS) is 24.3. The molecular weight excluding hydrogens is 324 g/mol. The van der Waals surface area contributed by atoms with Gasteiger partial charge < -0.3 is 0 Å². The lowest BCUT2D eigenvalue weighted by molar-refractivity contribution is 0.402. The van der Waals surface area contributed by atoms with Gasteiger partial charge in [-0.25, -0.2) is 0 Å². The molecule has 0 N–H and O–H groups in total. The van der Waals surface area contributed by atoms with Gasteiger partial charge in [0.25, 0.3) is 0 Å². The van der Waals surface area contributed by atoms with E-state index < -0.39 is 0 Å². The lowest BCUT2D eigenvalue weighted by Gasteiger charge is -2.22. The van der Waals surface area contributed by atoms with Gasteiger partial charge in [0.1, 0.15) is 0 Å². The SMILES string of the molecule is CC1(C)CC(C)(C)c2cc3c(cc21)Cc1cc2c(cc1-3)C(C)(C)CC2(C)C. The molecule has 0 saturated heterocycles. The Morgan fingerprint density at radius 1 is 0.481 bits per heavy atom. The number of benzene rings is 2. The fraction of sp³-hybridized carbons (Fsp3) is 0.556. The molecule has 0 radical (unpaired) electrons. The predicted molar refractivity (Wildman–Crippen MR) is 116 cm³/mol. The highest BCUT2D eigenvalue weighted by atomic mass is 14.5. The molecule has 0 aromatic heterocycles. The molecule has 27 heavy (non-hydrogen) atoms. The Kier molecular flexibility index (Phi) is 3.05. The number of rotatable bonds is 0. The largest absolute Gasteiger partial charge is 0.0558 e. The van der Waals surface area contributed by atoms with Gasteiger partial charge in [-0.1, -0.05) is 79.7 Å². The summed E-state index contributed by atoms with van der Waals surface area (Å²) in [6, 6.07) is 10.2. The maximum atomic E-state index is 2.56. The molecule has 0 spiro atoms. The van der Waals surface area contributed by atoms with Gasteiger partial charge in [-0.15, -0.1) is 0 Å². The van der Waals surface area contributed by atoms with E-state index in [0.717, 1.165) is 6.42 Å². The van der Waals surface area contributed by atoms with Crippen molar-refractivity contribution >= 4 is 0 Å². The molecule has 0 atom stereocenters. The van der Waals surface area contributed by atoms with Crippen molar-refractivity contribution in [2.24, 2.45) is 0 Å². The van der Waals surface area contributed by atoms with Gasteiger partial charge in [0.15, 0.2) is 0 Å². The van der Waals surface area contributed by atoms with E-state index in [2.05, 4.69) is 79.7 Å². The van der Waals surface area contributed by atoms with Gasteiger partial charge >= 0.3 is 0 Å². The number of fused-ring (bicyclic) bond motifs is 5. The van der Waals surface area contributed by atoms with Gasteiger partial charge in [0.05, 0.1) is 0 Å². The van der Waals surface area contributed by atoms with E-state index in [1.165, 1.54) is 24.0 Å². The molecule has 0 nitrogen and oxygen atoms in total. The third kappa shape index (κ3) is 2.22. The zero-order valence-corrected chi connectivity index (χ0v) is 18.4.